The van der Waals surface area contributed by atoms with Crippen LogP contribution in [0, 0.1) is 5.92 Å². The lowest BCUT2D eigenvalue weighted by Gasteiger charge is -2.51. The fraction of sp³-hybridized carbons (Fsp3) is 1.00. The van der Waals surface area contributed by atoms with Crippen LogP contribution in [-0.4, -0.2) is 42.3 Å². The van der Waals surface area contributed by atoms with Gasteiger partial charge in [0.2, 0.25) is 0 Å². The summed E-state index contributed by atoms with van der Waals surface area (Å²) >= 11 is 0. The summed E-state index contributed by atoms with van der Waals surface area (Å²) in [5.41, 5.74) is 0.0772. The summed E-state index contributed by atoms with van der Waals surface area (Å²) in [4.78, 5) is 2.13. The topological polar surface area (TPSA) is 15.3 Å². The van der Waals surface area contributed by atoms with E-state index in [1.54, 1.807) is 0 Å². The fourth-order valence-electron chi connectivity index (χ4n) is 3.92. The van der Waals surface area contributed by atoms with Crippen molar-refractivity contribution >= 4 is 0 Å². The minimum Gasteiger partial charge on any atom is -0.308 e. The lowest BCUT2D eigenvalue weighted by molar-refractivity contribution is -0.142. The summed E-state index contributed by atoms with van der Waals surface area (Å²) in [6.45, 7) is 6.07. The molecule has 2 fully saturated rings. The van der Waals surface area contributed by atoms with E-state index in [0.29, 0.717) is 5.92 Å². The van der Waals surface area contributed by atoms with E-state index in [0.717, 1.165) is 32.4 Å². The van der Waals surface area contributed by atoms with Crippen LogP contribution in [0.4, 0.5) is 13.2 Å². The van der Waals surface area contributed by atoms with Gasteiger partial charge in [-0.2, -0.15) is 13.2 Å². The molecule has 2 unspecified atom stereocenters. The predicted molar refractivity (Wildman–Crippen MR) is 79.3 cm³/mol. The first-order chi connectivity index (χ1) is 9.85. The molecule has 2 atom stereocenters. The van der Waals surface area contributed by atoms with Crippen LogP contribution in [0.25, 0.3) is 0 Å². The quantitative estimate of drug-likeness (QED) is 0.845. The second-order valence-corrected chi connectivity index (χ2v) is 7.01. The maximum Gasteiger partial charge on any atom is 0.390 e. The van der Waals surface area contributed by atoms with Crippen LogP contribution in [-0.2, 0) is 0 Å². The Hall–Kier alpha value is -0.290. The van der Waals surface area contributed by atoms with E-state index in [1.165, 1.54) is 19.3 Å². The van der Waals surface area contributed by atoms with Crippen molar-refractivity contribution in [3.05, 3.63) is 0 Å². The van der Waals surface area contributed by atoms with Crippen molar-refractivity contribution in [1.29, 1.82) is 0 Å². The van der Waals surface area contributed by atoms with Crippen molar-refractivity contribution in [3.63, 3.8) is 0 Å². The zero-order valence-electron chi connectivity index (χ0n) is 13.3. The lowest BCUT2D eigenvalue weighted by Crippen LogP contribution is -2.66. The molecular formula is C16H29F3N2. The normalized spacial score (nSPS) is 28.7. The molecule has 1 saturated heterocycles. The van der Waals surface area contributed by atoms with E-state index in [-0.39, 0.29) is 18.1 Å². The van der Waals surface area contributed by atoms with Crippen molar-refractivity contribution in [1.82, 2.24) is 10.2 Å². The van der Waals surface area contributed by atoms with Crippen molar-refractivity contribution in [3.8, 4) is 0 Å². The van der Waals surface area contributed by atoms with Crippen LogP contribution >= 0.6 is 0 Å². The molecule has 0 aromatic rings. The van der Waals surface area contributed by atoms with E-state index in [4.69, 9.17) is 0 Å². The van der Waals surface area contributed by atoms with Crippen LogP contribution in [0.1, 0.15) is 58.8 Å². The van der Waals surface area contributed by atoms with Crippen molar-refractivity contribution < 1.29 is 13.2 Å². The Kier molecular flexibility index (Phi) is 5.58. The number of piperazine rings is 1. The first kappa shape index (κ1) is 17.1. The van der Waals surface area contributed by atoms with Gasteiger partial charge in [-0.15, -0.1) is 0 Å². The summed E-state index contributed by atoms with van der Waals surface area (Å²) in [5.74, 6) is 0.437. The van der Waals surface area contributed by atoms with E-state index >= 15 is 0 Å². The van der Waals surface area contributed by atoms with Gasteiger partial charge in [-0.05, 0) is 18.8 Å². The molecule has 1 spiro atoms. The highest BCUT2D eigenvalue weighted by molar-refractivity contribution is 5.00. The lowest BCUT2D eigenvalue weighted by atomic mass is 9.78. The maximum atomic E-state index is 12.6. The minimum atomic E-state index is -4.05. The molecule has 1 aliphatic heterocycles. The van der Waals surface area contributed by atoms with Gasteiger partial charge in [-0.1, -0.05) is 39.5 Å². The highest BCUT2D eigenvalue weighted by atomic mass is 19.4. The maximum absolute atomic E-state index is 12.6. The Labute approximate surface area is 126 Å². The third-order valence-corrected chi connectivity index (χ3v) is 5.45. The Bertz CT molecular complexity index is 324. The number of halogens is 3. The molecule has 0 amide bonds. The molecule has 2 aliphatic rings. The van der Waals surface area contributed by atoms with E-state index in [1.807, 2.05) is 0 Å². The fourth-order valence-corrected chi connectivity index (χ4v) is 3.92. The molecule has 0 radical (unpaired) electrons. The van der Waals surface area contributed by atoms with Gasteiger partial charge in [0.15, 0.2) is 0 Å². The molecule has 124 valence electrons. The second kappa shape index (κ2) is 6.86. The van der Waals surface area contributed by atoms with E-state index < -0.39 is 12.6 Å². The number of nitrogens with one attached hydrogen (secondary N) is 1. The van der Waals surface area contributed by atoms with Gasteiger partial charge in [0, 0.05) is 31.2 Å². The zero-order valence-corrected chi connectivity index (χ0v) is 13.3. The number of alkyl halides is 3. The number of hydrogen-bond donors (Lipinski definition) is 1. The molecule has 2 nitrogen and oxygen atoms in total. The Morgan fingerprint density at radius 2 is 1.90 bits per heavy atom. The van der Waals surface area contributed by atoms with Gasteiger partial charge < -0.3 is 5.32 Å². The second-order valence-electron chi connectivity index (χ2n) is 7.01. The summed E-state index contributed by atoms with van der Waals surface area (Å²) in [6.07, 6.45) is 2.18. The van der Waals surface area contributed by atoms with Crippen LogP contribution in [0.15, 0.2) is 0 Å². The molecule has 1 heterocycles. The van der Waals surface area contributed by atoms with Crippen LogP contribution in [0.3, 0.4) is 0 Å². The predicted octanol–water partition coefficient (Wildman–Crippen LogP) is 3.96. The van der Waals surface area contributed by atoms with Crippen LogP contribution < -0.4 is 5.32 Å². The van der Waals surface area contributed by atoms with Gasteiger partial charge in [0.1, 0.15) is 0 Å². The summed E-state index contributed by atoms with van der Waals surface area (Å²) in [5, 5.41) is 3.70. The van der Waals surface area contributed by atoms with Crippen molar-refractivity contribution in [2.24, 2.45) is 5.92 Å². The molecule has 2 rings (SSSR count). The van der Waals surface area contributed by atoms with Crippen molar-refractivity contribution in [2.75, 3.05) is 19.6 Å². The largest absolute Gasteiger partial charge is 0.390 e. The van der Waals surface area contributed by atoms with E-state index in [9.17, 15) is 13.2 Å². The Morgan fingerprint density at radius 3 is 2.48 bits per heavy atom. The average Bonchev–Trinajstić information content (AvgIpc) is 2.44. The zero-order chi connectivity index (χ0) is 15.5. The van der Waals surface area contributed by atoms with Gasteiger partial charge in [0.25, 0.3) is 0 Å². The molecule has 0 bridgehead atoms. The highest BCUT2D eigenvalue weighted by Crippen LogP contribution is 2.34. The monoisotopic (exact) mass is 306 g/mol. The van der Waals surface area contributed by atoms with Crippen LogP contribution in [0.5, 0.6) is 0 Å². The summed E-state index contributed by atoms with van der Waals surface area (Å²) in [6, 6.07) is 0.241. The molecule has 0 aromatic carbocycles. The van der Waals surface area contributed by atoms with E-state index in [2.05, 4.69) is 24.1 Å². The molecule has 21 heavy (non-hydrogen) atoms. The molecule has 1 saturated carbocycles. The van der Waals surface area contributed by atoms with Gasteiger partial charge >= 0.3 is 6.18 Å². The third kappa shape index (κ3) is 4.59. The summed E-state index contributed by atoms with van der Waals surface area (Å²) in [7, 11) is 0. The minimum absolute atomic E-state index is 0.0772. The first-order valence-electron chi connectivity index (χ1n) is 8.41. The number of nitrogens with zero attached hydrogens (tertiary/aromatic N) is 1. The number of hydrogen-bond acceptors (Lipinski definition) is 2. The van der Waals surface area contributed by atoms with Crippen LogP contribution in [0.2, 0.25) is 0 Å². The SMILES string of the molecule is CCC(C)C1CNC2(CCCCC2)CN1CCC(F)(F)F. The van der Waals surface area contributed by atoms with Gasteiger partial charge in [-0.3, -0.25) is 4.90 Å². The summed E-state index contributed by atoms with van der Waals surface area (Å²) < 4.78 is 37.8. The number of rotatable bonds is 4. The first-order valence-corrected chi connectivity index (χ1v) is 8.41. The third-order valence-electron chi connectivity index (χ3n) is 5.45. The van der Waals surface area contributed by atoms with Gasteiger partial charge in [0.05, 0.1) is 6.42 Å². The Morgan fingerprint density at radius 1 is 1.24 bits per heavy atom. The van der Waals surface area contributed by atoms with Gasteiger partial charge in [-0.25, -0.2) is 0 Å². The standard InChI is InChI=1S/C16H29F3N2/c1-3-13(2)14-11-20-15(7-5-4-6-8-15)12-21(14)10-9-16(17,18)19/h13-14,20H,3-12H2,1-2H3. The smallest absolute Gasteiger partial charge is 0.308 e. The molecular weight excluding hydrogens is 277 g/mol. The molecule has 1 N–H and O–H groups in total. The molecule has 0 aromatic heterocycles. The average molecular weight is 306 g/mol. The highest BCUT2D eigenvalue weighted by Gasteiger charge is 2.42. The van der Waals surface area contributed by atoms with Crippen molar-refractivity contribution in [2.45, 2.75) is 76.6 Å². The molecule has 5 heteroatoms. The Balaban J connectivity index is 2.03. The molecule has 1 aliphatic carbocycles.